The predicted octanol–water partition coefficient (Wildman–Crippen LogP) is 7.20. The van der Waals surface area contributed by atoms with Crippen LogP contribution in [0.2, 0.25) is 13.1 Å². The van der Waals surface area contributed by atoms with Crippen LogP contribution in [-0.2, 0) is 5.41 Å². The minimum atomic E-state index is -1.91. The van der Waals surface area contributed by atoms with Crippen LogP contribution in [0, 0.1) is 0 Å². The average molecular weight is 544 g/mol. The van der Waals surface area contributed by atoms with Gasteiger partial charge in [-0.25, -0.2) is 0 Å². The Kier molecular flexibility index (Phi) is 4.32. The van der Waals surface area contributed by atoms with E-state index in [1.165, 1.54) is 32.9 Å². The lowest BCUT2D eigenvalue weighted by molar-refractivity contribution is 0.0990. The zero-order valence-corrected chi connectivity index (χ0v) is 23.9. The number of benzene rings is 3. The number of furan rings is 1. The van der Waals surface area contributed by atoms with Gasteiger partial charge in [0.15, 0.2) is 11.6 Å². The van der Waals surface area contributed by atoms with Crippen LogP contribution in [0.4, 0.5) is 16.4 Å². The first-order valence-electron chi connectivity index (χ1n) is 13.2. The summed E-state index contributed by atoms with van der Waals surface area (Å²) >= 11 is 1.66. The Bertz CT molecular complexity index is 1920. The second-order valence-electron chi connectivity index (χ2n) is 11.7. The van der Waals surface area contributed by atoms with E-state index in [1.54, 1.807) is 35.8 Å². The molecular weight excluding hydrogens is 519 g/mol. The summed E-state index contributed by atoms with van der Waals surface area (Å²) in [5.41, 5.74) is 6.59. The van der Waals surface area contributed by atoms with E-state index in [9.17, 15) is 9.59 Å². The molecule has 1 aliphatic carbocycles. The highest BCUT2D eigenvalue weighted by molar-refractivity contribution is 7.17. The van der Waals surface area contributed by atoms with Crippen molar-refractivity contribution in [3.8, 4) is 0 Å². The second kappa shape index (κ2) is 7.34. The monoisotopic (exact) mass is 543 g/mol. The van der Waals surface area contributed by atoms with E-state index in [1.807, 2.05) is 6.07 Å². The molecule has 4 heterocycles. The van der Waals surface area contributed by atoms with Crippen LogP contribution in [0.15, 0.2) is 83.0 Å². The number of ketones is 2. The Labute approximate surface area is 231 Å². The van der Waals surface area contributed by atoms with Crippen molar-refractivity contribution in [2.45, 2.75) is 32.4 Å². The first kappa shape index (κ1) is 22.9. The number of fused-ring (bicyclic) bond motifs is 6. The Morgan fingerprint density at radius 2 is 1.62 bits per heavy atom. The summed E-state index contributed by atoms with van der Waals surface area (Å²) in [7, 11) is -1.91. The van der Waals surface area contributed by atoms with Gasteiger partial charge in [-0.3, -0.25) is 9.59 Å². The Hall–Kier alpha value is -4.00. The molecule has 3 aliphatic rings. The fourth-order valence-electron chi connectivity index (χ4n) is 6.75. The molecule has 190 valence electrons. The number of carbonyl (C=O) groups is 2. The topological polar surface area (TPSA) is 50.5 Å². The van der Waals surface area contributed by atoms with Gasteiger partial charge in [0.05, 0.1) is 17.5 Å². The number of hydrogen-bond donors (Lipinski definition) is 0. The molecule has 3 aromatic carbocycles. The van der Waals surface area contributed by atoms with Crippen molar-refractivity contribution in [1.82, 2.24) is 0 Å². The van der Waals surface area contributed by atoms with Crippen LogP contribution in [0.5, 0.6) is 0 Å². The molecule has 39 heavy (non-hydrogen) atoms. The second-order valence-corrected chi connectivity index (χ2v) is 17.1. The van der Waals surface area contributed by atoms with E-state index in [4.69, 9.17) is 4.42 Å². The number of rotatable bonds is 1. The number of thiophene rings is 1. The van der Waals surface area contributed by atoms with E-state index in [0.717, 1.165) is 15.3 Å². The molecule has 0 atom stereocenters. The van der Waals surface area contributed by atoms with Crippen molar-refractivity contribution < 1.29 is 14.0 Å². The molecule has 0 fully saturated rings. The average Bonchev–Trinajstić information content (AvgIpc) is 3.62. The summed E-state index contributed by atoms with van der Waals surface area (Å²) < 4.78 is 5.49. The maximum absolute atomic E-state index is 13.4. The fourth-order valence-corrected chi connectivity index (χ4v) is 11.0. The van der Waals surface area contributed by atoms with Crippen LogP contribution in [0.1, 0.15) is 50.6 Å². The SMILES string of the molecule is CC1(C)c2cc(/C=C3/C(=O)c4cc5ccoc5cc4C3=O)sc2N2c3ccccc3[Si](C)(C)c3cccc1c32. The summed E-state index contributed by atoms with van der Waals surface area (Å²) in [6.45, 7) is 9.46. The maximum atomic E-state index is 13.4. The van der Waals surface area contributed by atoms with Crippen molar-refractivity contribution in [3.63, 3.8) is 0 Å². The minimum Gasteiger partial charge on any atom is -0.464 e. The molecule has 6 heteroatoms. The molecule has 0 spiro atoms. The van der Waals surface area contributed by atoms with Crippen molar-refractivity contribution >= 4 is 74.8 Å². The lowest BCUT2D eigenvalue weighted by Gasteiger charge is -2.47. The van der Waals surface area contributed by atoms with E-state index in [0.29, 0.717) is 16.7 Å². The summed E-state index contributed by atoms with van der Waals surface area (Å²) in [6, 6.07) is 23.0. The van der Waals surface area contributed by atoms with Crippen LogP contribution in [-0.4, -0.2) is 19.6 Å². The smallest absolute Gasteiger partial charge is 0.197 e. The van der Waals surface area contributed by atoms with Crippen molar-refractivity contribution in [2.24, 2.45) is 0 Å². The zero-order valence-electron chi connectivity index (χ0n) is 22.1. The number of anilines is 3. The molecule has 4 nitrogen and oxygen atoms in total. The van der Waals surface area contributed by atoms with Crippen LogP contribution >= 0.6 is 11.3 Å². The molecule has 0 unspecified atom stereocenters. The van der Waals surface area contributed by atoms with Gasteiger partial charge >= 0.3 is 0 Å². The molecule has 8 rings (SSSR count). The van der Waals surface area contributed by atoms with E-state index in [2.05, 4.69) is 80.4 Å². The minimum absolute atomic E-state index is 0.217. The van der Waals surface area contributed by atoms with Crippen molar-refractivity contribution in [3.05, 3.63) is 106 Å². The first-order valence-corrected chi connectivity index (χ1v) is 17.0. The number of carbonyl (C=O) groups excluding carboxylic acids is 2. The van der Waals surface area contributed by atoms with E-state index >= 15 is 0 Å². The molecule has 0 N–H and O–H groups in total. The quantitative estimate of drug-likeness (QED) is 0.127. The summed E-state index contributed by atoms with van der Waals surface area (Å²) in [6.07, 6.45) is 3.38. The number of hydrogen-bond acceptors (Lipinski definition) is 5. The third-order valence-corrected chi connectivity index (χ3v) is 13.5. The lowest BCUT2D eigenvalue weighted by Crippen LogP contribution is -2.59. The number of para-hydroxylation sites is 2. The third-order valence-electron chi connectivity index (χ3n) is 8.89. The highest BCUT2D eigenvalue weighted by atomic mass is 32.1. The molecule has 0 saturated heterocycles. The summed E-state index contributed by atoms with van der Waals surface area (Å²) in [4.78, 5) is 30.2. The normalized spacial score (nSPS) is 18.8. The predicted molar refractivity (Wildman–Crippen MR) is 161 cm³/mol. The number of Topliss-reactive ketones (excluding diaryl/α,β-unsaturated/α-hetero) is 2. The molecule has 2 aliphatic heterocycles. The Morgan fingerprint density at radius 3 is 2.44 bits per heavy atom. The van der Waals surface area contributed by atoms with Gasteiger partial charge in [-0.2, -0.15) is 0 Å². The van der Waals surface area contributed by atoms with Gasteiger partial charge in [0.1, 0.15) is 18.7 Å². The summed E-state index contributed by atoms with van der Waals surface area (Å²) in [5.74, 6) is -0.453. The zero-order chi connectivity index (χ0) is 26.8. The molecule has 2 aromatic heterocycles. The molecule has 0 saturated carbocycles. The number of nitrogens with zero attached hydrogens (tertiary/aromatic N) is 1. The Morgan fingerprint density at radius 1 is 0.872 bits per heavy atom. The van der Waals surface area contributed by atoms with E-state index in [-0.39, 0.29) is 22.6 Å². The van der Waals surface area contributed by atoms with Crippen LogP contribution < -0.4 is 15.3 Å². The molecule has 0 amide bonds. The molecule has 0 radical (unpaired) electrons. The largest absolute Gasteiger partial charge is 0.464 e. The van der Waals surface area contributed by atoms with Gasteiger partial charge in [0, 0.05) is 32.5 Å². The van der Waals surface area contributed by atoms with Gasteiger partial charge in [-0.1, -0.05) is 63.3 Å². The van der Waals surface area contributed by atoms with Crippen LogP contribution in [0.25, 0.3) is 17.0 Å². The molecule has 0 bridgehead atoms. The van der Waals surface area contributed by atoms with Crippen molar-refractivity contribution in [2.75, 3.05) is 4.90 Å². The highest BCUT2D eigenvalue weighted by Crippen LogP contribution is 2.56. The van der Waals surface area contributed by atoms with Crippen molar-refractivity contribution in [1.29, 1.82) is 0 Å². The molecular formula is C33H25NO3SSi. The van der Waals surface area contributed by atoms with Gasteiger partial charge < -0.3 is 9.32 Å². The van der Waals surface area contributed by atoms with Gasteiger partial charge in [-0.15, -0.1) is 11.3 Å². The third kappa shape index (κ3) is 2.83. The van der Waals surface area contributed by atoms with Crippen LogP contribution in [0.3, 0.4) is 0 Å². The van der Waals surface area contributed by atoms with Gasteiger partial charge in [0.25, 0.3) is 0 Å². The fraction of sp³-hybridized carbons (Fsp3) is 0.152. The van der Waals surface area contributed by atoms with E-state index < -0.39 is 8.07 Å². The van der Waals surface area contributed by atoms with Gasteiger partial charge in [-0.05, 0) is 57.9 Å². The lowest BCUT2D eigenvalue weighted by atomic mass is 9.75. The maximum Gasteiger partial charge on any atom is 0.197 e. The molecule has 5 aromatic rings. The summed E-state index contributed by atoms with van der Waals surface area (Å²) in [5, 5.41) is 4.87. The standard InChI is InChI=1S/C33H25NO3SSi/c1-33(2)23-8-7-11-28-29(23)34(25-9-5-6-10-27(25)39(28,3)4)32-24(33)16-19(38-32)15-22-30(35)20-14-18-12-13-37-26(18)17-21(20)31(22)36/h5-17H,1-4H3/b22-15-. The number of allylic oxidation sites excluding steroid dienone is 1. The first-order chi connectivity index (χ1) is 18.7. The Balaban J connectivity index is 1.32. The van der Waals surface area contributed by atoms with Gasteiger partial charge in [0.2, 0.25) is 0 Å². The highest BCUT2D eigenvalue weighted by Gasteiger charge is 2.47.